The molecule has 2 rings (SSSR count). The third-order valence-corrected chi connectivity index (χ3v) is 4.19. The quantitative estimate of drug-likeness (QED) is 0.852. The van der Waals surface area contributed by atoms with Crippen molar-refractivity contribution in [1.82, 2.24) is 4.90 Å². The van der Waals surface area contributed by atoms with E-state index in [0.29, 0.717) is 11.6 Å². The topological polar surface area (TPSA) is 29.5 Å². The highest BCUT2D eigenvalue weighted by Crippen LogP contribution is 2.30. The molecule has 1 heterocycles. The Hall–Kier alpha value is -0.870. The van der Waals surface area contributed by atoms with Crippen LogP contribution in [0.2, 0.25) is 5.02 Å². The smallest absolute Gasteiger partial charge is 0.264 e. The third kappa shape index (κ3) is 3.41. The van der Waals surface area contributed by atoms with Crippen molar-refractivity contribution >= 4 is 29.3 Å². The van der Waals surface area contributed by atoms with E-state index in [2.05, 4.69) is 0 Å². The molecule has 0 radical (unpaired) electrons. The average Bonchev–Trinajstić information content (AvgIpc) is 2.54. The van der Waals surface area contributed by atoms with Crippen molar-refractivity contribution in [1.29, 1.82) is 0 Å². The fourth-order valence-electron chi connectivity index (χ4n) is 2.25. The van der Waals surface area contributed by atoms with Crippen LogP contribution in [0.15, 0.2) is 18.2 Å². The molecule has 1 aliphatic rings. The zero-order valence-electron chi connectivity index (χ0n) is 12.1. The van der Waals surface area contributed by atoms with Crippen molar-refractivity contribution in [2.45, 2.75) is 26.5 Å². The number of carbonyl (C=O) groups excluding carboxylic acids is 1. The van der Waals surface area contributed by atoms with Gasteiger partial charge in [-0.2, -0.15) is 11.8 Å². The summed E-state index contributed by atoms with van der Waals surface area (Å²) < 4.78 is 5.94. The molecule has 1 unspecified atom stereocenters. The largest absolute Gasteiger partial charge is 0.480 e. The van der Waals surface area contributed by atoms with Gasteiger partial charge >= 0.3 is 0 Å². The fourth-order valence-corrected chi connectivity index (χ4v) is 2.85. The molecular formula is C15H20ClNO2S. The lowest BCUT2D eigenvalue weighted by molar-refractivity contribution is -0.139. The standard InChI is InChI=1S/C15H20ClNO2S/c1-10(2)14-15(18)17(6-7-20-3)9-11-8-12(16)4-5-13(11)19-14/h4-5,8,10,14H,6-7,9H2,1-3H3. The summed E-state index contributed by atoms with van der Waals surface area (Å²) >= 11 is 7.79. The van der Waals surface area contributed by atoms with Crippen LogP contribution in [0.1, 0.15) is 19.4 Å². The van der Waals surface area contributed by atoms with E-state index in [0.717, 1.165) is 23.6 Å². The zero-order chi connectivity index (χ0) is 14.7. The van der Waals surface area contributed by atoms with Crippen molar-refractivity contribution in [3.05, 3.63) is 28.8 Å². The van der Waals surface area contributed by atoms with Crippen molar-refractivity contribution in [2.75, 3.05) is 18.6 Å². The number of hydrogen-bond donors (Lipinski definition) is 0. The lowest BCUT2D eigenvalue weighted by Crippen LogP contribution is -2.43. The Balaban J connectivity index is 2.33. The van der Waals surface area contributed by atoms with Crippen LogP contribution in [0, 0.1) is 5.92 Å². The number of rotatable bonds is 4. The minimum Gasteiger partial charge on any atom is -0.480 e. The summed E-state index contributed by atoms with van der Waals surface area (Å²) in [5.41, 5.74) is 0.982. The normalized spacial score (nSPS) is 18.8. The highest BCUT2D eigenvalue weighted by Gasteiger charge is 2.32. The van der Waals surface area contributed by atoms with E-state index in [9.17, 15) is 4.79 Å². The molecule has 5 heteroatoms. The zero-order valence-corrected chi connectivity index (χ0v) is 13.6. The van der Waals surface area contributed by atoms with Gasteiger partial charge in [0.1, 0.15) is 5.75 Å². The van der Waals surface area contributed by atoms with Gasteiger partial charge in [0, 0.05) is 29.4 Å². The Kier molecular flexibility index (Phi) is 5.22. The summed E-state index contributed by atoms with van der Waals surface area (Å²) in [5.74, 6) is 1.90. The van der Waals surface area contributed by atoms with E-state index < -0.39 is 6.10 Å². The van der Waals surface area contributed by atoms with Gasteiger partial charge in [-0.05, 0) is 30.4 Å². The number of fused-ring (bicyclic) bond motifs is 1. The molecule has 1 aromatic rings. The molecule has 20 heavy (non-hydrogen) atoms. The number of carbonyl (C=O) groups is 1. The van der Waals surface area contributed by atoms with Crippen LogP contribution in [0.4, 0.5) is 0 Å². The van der Waals surface area contributed by atoms with Gasteiger partial charge in [-0.3, -0.25) is 4.79 Å². The predicted octanol–water partition coefficient (Wildman–Crippen LogP) is 3.45. The molecule has 0 fully saturated rings. The van der Waals surface area contributed by atoms with Gasteiger partial charge in [0.15, 0.2) is 6.10 Å². The molecule has 1 aliphatic heterocycles. The number of nitrogens with zero attached hydrogens (tertiary/aromatic N) is 1. The van der Waals surface area contributed by atoms with Crippen molar-refractivity contribution < 1.29 is 9.53 Å². The highest BCUT2D eigenvalue weighted by atomic mass is 35.5. The average molecular weight is 314 g/mol. The van der Waals surface area contributed by atoms with Gasteiger partial charge in [-0.15, -0.1) is 0 Å². The SMILES string of the molecule is CSCCN1Cc2cc(Cl)ccc2OC(C(C)C)C1=O. The van der Waals surface area contributed by atoms with E-state index in [4.69, 9.17) is 16.3 Å². The molecule has 1 atom stereocenters. The minimum atomic E-state index is -0.417. The summed E-state index contributed by atoms with van der Waals surface area (Å²) in [4.78, 5) is 14.5. The Morgan fingerprint density at radius 3 is 2.90 bits per heavy atom. The first kappa shape index (κ1) is 15.5. The van der Waals surface area contributed by atoms with Crippen LogP contribution in [0.25, 0.3) is 0 Å². The number of ether oxygens (including phenoxy) is 1. The minimum absolute atomic E-state index is 0.0707. The number of halogens is 1. The van der Waals surface area contributed by atoms with E-state index in [1.807, 2.05) is 37.1 Å². The van der Waals surface area contributed by atoms with E-state index in [1.54, 1.807) is 17.8 Å². The molecule has 0 saturated heterocycles. The van der Waals surface area contributed by atoms with E-state index in [-0.39, 0.29) is 11.8 Å². The van der Waals surface area contributed by atoms with E-state index >= 15 is 0 Å². The highest BCUT2D eigenvalue weighted by molar-refractivity contribution is 7.98. The van der Waals surface area contributed by atoms with Crippen LogP contribution in [-0.2, 0) is 11.3 Å². The lowest BCUT2D eigenvalue weighted by Gasteiger charge is -2.25. The third-order valence-electron chi connectivity index (χ3n) is 3.36. The summed E-state index contributed by atoms with van der Waals surface area (Å²) in [6, 6.07) is 5.55. The number of thioether (sulfide) groups is 1. The first-order chi connectivity index (χ1) is 9.52. The molecule has 1 amide bonds. The second-order valence-corrected chi connectivity index (χ2v) is 6.71. The lowest BCUT2D eigenvalue weighted by atomic mass is 10.1. The molecule has 110 valence electrons. The summed E-state index contributed by atoms with van der Waals surface area (Å²) in [6.07, 6.45) is 1.63. The van der Waals surface area contributed by atoms with Gasteiger partial charge in [0.25, 0.3) is 5.91 Å². The Morgan fingerprint density at radius 1 is 1.50 bits per heavy atom. The molecule has 0 N–H and O–H groups in total. The van der Waals surface area contributed by atoms with Crippen LogP contribution in [0.3, 0.4) is 0 Å². The van der Waals surface area contributed by atoms with Crippen LogP contribution < -0.4 is 4.74 Å². The van der Waals surface area contributed by atoms with Crippen molar-refractivity contribution in [2.24, 2.45) is 5.92 Å². The van der Waals surface area contributed by atoms with E-state index in [1.165, 1.54) is 0 Å². The summed E-state index contributed by atoms with van der Waals surface area (Å²) in [6.45, 7) is 5.32. The molecule has 0 aliphatic carbocycles. The molecule has 0 bridgehead atoms. The van der Waals surface area contributed by atoms with Gasteiger partial charge in [-0.25, -0.2) is 0 Å². The second-order valence-electron chi connectivity index (χ2n) is 5.29. The molecule has 0 aromatic heterocycles. The van der Waals surface area contributed by atoms with Gasteiger partial charge in [0.05, 0.1) is 0 Å². The van der Waals surface area contributed by atoms with Gasteiger partial charge in [0.2, 0.25) is 0 Å². The Labute approximate surface area is 129 Å². The van der Waals surface area contributed by atoms with Crippen LogP contribution in [0.5, 0.6) is 5.75 Å². The van der Waals surface area contributed by atoms with Crippen LogP contribution in [-0.4, -0.2) is 35.5 Å². The molecule has 0 spiro atoms. The number of amides is 1. The summed E-state index contributed by atoms with van der Waals surface area (Å²) in [5, 5.41) is 0.674. The number of benzene rings is 1. The molecule has 3 nitrogen and oxygen atoms in total. The molecule has 0 saturated carbocycles. The summed E-state index contributed by atoms with van der Waals surface area (Å²) in [7, 11) is 0. The van der Waals surface area contributed by atoms with Gasteiger partial charge in [-0.1, -0.05) is 25.4 Å². The van der Waals surface area contributed by atoms with Crippen LogP contribution >= 0.6 is 23.4 Å². The first-order valence-electron chi connectivity index (χ1n) is 6.75. The Bertz CT molecular complexity index is 493. The maximum absolute atomic E-state index is 12.6. The first-order valence-corrected chi connectivity index (χ1v) is 8.53. The fraction of sp³-hybridized carbons (Fsp3) is 0.533. The van der Waals surface area contributed by atoms with Gasteiger partial charge < -0.3 is 9.64 Å². The predicted molar refractivity (Wildman–Crippen MR) is 84.5 cm³/mol. The number of hydrogen-bond acceptors (Lipinski definition) is 3. The molecular weight excluding hydrogens is 294 g/mol. The van der Waals surface area contributed by atoms with Crippen molar-refractivity contribution in [3.8, 4) is 5.75 Å². The maximum Gasteiger partial charge on any atom is 0.264 e. The maximum atomic E-state index is 12.6. The van der Waals surface area contributed by atoms with Crippen molar-refractivity contribution in [3.63, 3.8) is 0 Å². The molecule has 1 aromatic carbocycles. The Morgan fingerprint density at radius 2 is 2.25 bits per heavy atom. The monoisotopic (exact) mass is 313 g/mol. The second kappa shape index (κ2) is 6.72.